The van der Waals surface area contributed by atoms with Crippen molar-refractivity contribution in [3.63, 3.8) is 0 Å². The van der Waals surface area contributed by atoms with Crippen LogP contribution in [0.2, 0.25) is 5.02 Å². The Labute approximate surface area is 153 Å². The van der Waals surface area contributed by atoms with Gasteiger partial charge in [-0.1, -0.05) is 23.7 Å². The number of carbonyl (C=O) groups excluding carboxylic acids is 1. The minimum Gasteiger partial charge on any atom is -0.463 e. The number of hydrogen-bond acceptors (Lipinski definition) is 5. The summed E-state index contributed by atoms with van der Waals surface area (Å²) in [5.41, 5.74) is 0.356. The zero-order chi connectivity index (χ0) is 17.6. The molecule has 25 heavy (non-hydrogen) atoms. The monoisotopic (exact) mass is 374 g/mol. The Morgan fingerprint density at radius 1 is 1.16 bits per heavy atom. The standard InChI is InChI=1S/C18H15ClN2O3S/c19-13-5-7-14(8-6-13)25-10-9-24-17(22)11-21-12-20-16-4-2-1-3-15(16)18(21)23/h1-8,12H,9-11H2. The number of rotatable bonds is 6. The summed E-state index contributed by atoms with van der Waals surface area (Å²) < 4.78 is 6.45. The Bertz CT molecular complexity index is 941. The topological polar surface area (TPSA) is 61.2 Å². The van der Waals surface area contributed by atoms with Gasteiger partial charge in [-0.3, -0.25) is 14.2 Å². The second-order valence-corrected chi connectivity index (χ2v) is 6.82. The van der Waals surface area contributed by atoms with Gasteiger partial charge in [0.1, 0.15) is 13.2 Å². The third-order valence-corrected chi connectivity index (χ3v) is 4.69. The van der Waals surface area contributed by atoms with Crippen LogP contribution in [0.25, 0.3) is 10.9 Å². The molecule has 1 heterocycles. The van der Waals surface area contributed by atoms with Gasteiger partial charge < -0.3 is 4.74 Å². The van der Waals surface area contributed by atoms with Gasteiger partial charge in [-0.15, -0.1) is 11.8 Å². The molecule has 0 fully saturated rings. The van der Waals surface area contributed by atoms with Crippen LogP contribution < -0.4 is 5.56 Å². The number of fused-ring (bicyclic) bond motifs is 1. The minimum absolute atomic E-state index is 0.151. The van der Waals surface area contributed by atoms with E-state index in [1.54, 1.807) is 30.0 Å². The molecule has 3 rings (SSSR count). The van der Waals surface area contributed by atoms with Crippen LogP contribution in [0, 0.1) is 0 Å². The van der Waals surface area contributed by atoms with Gasteiger partial charge in [0.15, 0.2) is 0 Å². The Hall–Kier alpha value is -2.31. The predicted octanol–water partition coefficient (Wildman–Crippen LogP) is 3.39. The van der Waals surface area contributed by atoms with Crippen LogP contribution in [0.3, 0.4) is 0 Å². The first-order valence-electron chi connectivity index (χ1n) is 7.61. The van der Waals surface area contributed by atoms with Crippen molar-refractivity contribution in [2.45, 2.75) is 11.4 Å². The van der Waals surface area contributed by atoms with Crippen LogP contribution in [0.15, 0.2) is 64.5 Å². The first-order chi connectivity index (χ1) is 12.1. The van der Waals surface area contributed by atoms with Gasteiger partial charge in [0, 0.05) is 15.7 Å². The lowest BCUT2D eigenvalue weighted by Crippen LogP contribution is -2.26. The van der Waals surface area contributed by atoms with Gasteiger partial charge in [-0.2, -0.15) is 0 Å². The zero-order valence-electron chi connectivity index (χ0n) is 13.2. The molecule has 0 aliphatic carbocycles. The highest BCUT2D eigenvalue weighted by Crippen LogP contribution is 2.19. The molecule has 7 heteroatoms. The van der Waals surface area contributed by atoms with E-state index in [-0.39, 0.29) is 18.7 Å². The molecular weight excluding hydrogens is 360 g/mol. The summed E-state index contributed by atoms with van der Waals surface area (Å²) in [4.78, 5) is 29.5. The maximum Gasteiger partial charge on any atom is 0.326 e. The number of para-hydroxylation sites is 1. The summed E-state index contributed by atoms with van der Waals surface area (Å²) in [5.74, 6) is 0.161. The van der Waals surface area contributed by atoms with Crippen LogP contribution in [0.5, 0.6) is 0 Å². The van der Waals surface area contributed by atoms with Crippen LogP contribution >= 0.6 is 23.4 Å². The molecule has 0 aliphatic rings. The maximum atomic E-state index is 12.3. The molecule has 2 aromatic carbocycles. The van der Waals surface area contributed by atoms with E-state index in [2.05, 4.69) is 4.98 Å². The molecule has 1 aromatic heterocycles. The molecule has 0 radical (unpaired) electrons. The van der Waals surface area contributed by atoms with Crippen LogP contribution in [-0.4, -0.2) is 27.9 Å². The SMILES string of the molecule is O=C(Cn1cnc2ccccc2c1=O)OCCSc1ccc(Cl)cc1. The fourth-order valence-corrected chi connectivity index (χ4v) is 3.11. The van der Waals surface area contributed by atoms with Gasteiger partial charge in [0.2, 0.25) is 0 Å². The number of esters is 1. The summed E-state index contributed by atoms with van der Waals surface area (Å²) >= 11 is 7.39. The summed E-state index contributed by atoms with van der Waals surface area (Å²) in [6, 6.07) is 14.5. The van der Waals surface area contributed by atoms with Gasteiger partial charge in [0.05, 0.1) is 17.2 Å². The van der Waals surface area contributed by atoms with Gasteiger partial charge >= 0.3 is 5.97 Å². The number of carbonyl (C=O) groups is 1. The lowest BCUT2D eigenvalue weighted by Gasteiger charge is -2.07. The molecule has 0 bridgehead atoms. The highest BCUT2D eigenvalue weighted by atomic mass is 35.5. The largest absolute Gasteiger partial charge is 0.463 e. The van der Waals surface area contributed by atoms with Gasteiger partial charge in [-0.05, 0) is 36.4 Å². The van der Waals surface area contributed by atoms with Crippen molar-refractivity contribution in [2.24, 2.45) is 0 Å². The summed E-state index contributed by atoms with van der Waals surface area (Å²) in [6.45, 7) is 0.115. The smallest absolute Gasteiger partial charge is 0.326 e. The fraction of sp³-hybridized carbons (Fsp3) is 0.167. The van der Waals surface area contributed by atoms with E-state index in [0.717, 1.165) is 4.90 Å². The lowest BCUT2D eigenvalue weighted by atomic mass is 10.2. The van der Waals surface area contributed by atoms with Crippen molar-refractivity contribution in [3.05, 3.63) is 70.2 Å². The van der Waals surface area contributed by atoms with E-state index in [9.17, 15) is 9.59 Å². The number of ether oxygens (including phenoxy) is 1. The van der Waals surface area contributed by atoms with Gasteiger partial charge in [0.25, 0.3) is 5.56 Å². The fourth-order valence-electron chi connectivity index (χ4n) is 2.25. The van der Waals surface area contributed by atoms with E-state index in [1.807, 2.05) is 30.3 Å². The first kappa shape index (κ1) is 17.5. The highest BCUT2D eigenvalue weighted by Gasteiger charge is 2.09. The molecule has 0 N–H and O–H groups in total. The zero-order valence-corrected chi connectivity index (χ0v) is 14.8. The molecule has 3 aromatic rings. The number of aromatic nitrogens is 2. The number of benzene rings is 2. The van der Waals surface area contributed by atoms with E-state index < -0.39 is 5.97 Å². The average molecular weight is 375 g/mol. The van der Waals surface area contributed by atoms with E-state index in [0.29, 0.717) is 21.7 Å². The lowest BCUT2D eigenvalue weighted by molar-refractivity contribution is -0.143. The van der Waals surface area contributed by atoms with Crippen LogP contribution in [0.4, 0.5) is 0 Å². The van der Waals surface area contributed by atoms with E-state index in [1.165, 1.54) is 10.9 Å². The predicted molar refractivity (Wildman–Crippen MR) is 99.1 cm³/mol. The van der Waals surface area contributed by atoms with Crippen molar-refractivity contribution in [3.8, 4) is 0 Å². The van der Waals surface area contributed by atoms with Crippen molar-refractivity contribution >= 4 is 40.2 Å². The van der Waals surface area contributed by atoms with E-state index in [4.69, 9.17) is 16.3 Å². The molecule has 0 unspecified atom stereocenters. The van der Waals surface area contributed by atoms with Crippen molar-refractivity contribution in [2.75, 3.05) is 12.4 Å². The summed E-state index contributed by atoms with van der Waals surface area (Å²) in [5, 5.41) is 1.17. The molecule has 5 nitrogen and oxygen atoms in total. The molecule has 0 atom stereocenters. The molecule has 128 valence electrons. The Morgan fingerprint density at radius 3 is 2.72 bits per heavy atom. The second-order valence-electron chi connectivity index (χ2n) is 5.22. The molecule has 0 saturated carbocycles. The number of nitrogens with zero attached hydrogens (tertiary/aromatic N) is 2. The number of halogens is 1. The number of thioether (sulfide) groups is 1. The third-order valence-electron chi connectivity index (χ3n) is 3.46. The first-order valence-corrected chi connectivity index (χ1v) is 8.98. The minimum atomic E-state index is -0.462. The van der Waals surface area contributed by atoms with Crippen LogP contribution in [0.1, 0.15) is 0 Å². The number of hydrogen-bond donors (Lipinski definition) is 0. The molecule has 0 saturated heterocycles. The Balaban J connectivity index is 1.52. The summed E-state index contributed by atoms with van der Waals surface area (Å²) in [7, 11) is 0. The Morgan fingerprint density at radius 2 is 1.92 bits per heavy atom. The third kappa shape index (κ3) is 4.61. The van der Waals surface area contributed by atoms with Gasteiger partial charge in [-0.25, -0.2) is 4.98 Å². The molecule has 0 spiro atoms. The van der Waals surface area contributed by atoms with Crippen molar-refractivity contribution in [1.29, 1.82) is 0 Å². The highest BCUT2D eigenvalue weighted by molar-refractivity contribution is 7.99. The van der Waals surface area contributed by atoms with Crippen LogP contribution in [-0.2, 0) is 16.1 Å². The van der Waals surface area contributed by atoms with Crippen molar-refractivity contribution < 1.29 is 9.53 Å². The molecular formula is C18H15ClN2O3S. The normalized spacial score (nSPS) is 10.8. The second kappa shape index (κ2) is 8.18. The van der Waals surface area contributed by atoms with Crippen molar-refractivity contribution in [1.82, 2.24) is 9.55 Å². The average Bonchev–Trinajstić information content (AvgIpc) is 2.63. The Kier molecular flexibility index (Phi) is 5.73. The quantitative estimate of drug-likeness (QED) is 0.376. The maximum absolute atomic E-state index is 12.3. The molecule has 0 aliphatic heterocycles. The van der Waals surface area contributed by atoms with E-state index >= 15 is 0 Å². The summed E-state index contributed by atoms with van der Waals surface area (Å²) in [6.07, 6.45) is 1.37. The molecule has 0 amide bonds.